The number of aromatic nitrogens is 2. The number of aromatic carboxylic acids is 1. The number of rotatable bonds is 2. The van der Waals surface area contributed by atoms with Crippen molar-refractivity contribution in [1.29, 1.82) is 0 Å². The highest BCUT2D eigenvalue weighted by Crippen LogP contribution is 2.22. The van der Waals surface area contributed by atoms with Crippen molar-refractivity contribution in [3.05, 3.63) is 58.8 Å². The molecule has 0 atom stereocenters. The number of hydrogen-bond acceptors (Lipinski definition) is 2. The van der Waals surface area contributed by atoms with Crippen LogP contribution in [0.15, 0.2) is 53.3 Å². The van der Waals surface area contributed by atoms with Crippen molar-refractivity contribution in [2.24, 2.45) is 0 Å². The minimum atomic E-state index is -0.939. The maximum absolute atomic E-state index is 11.0. The molecule has 4 nitrogen and oxygen atoms in total. The zero-order valence-electron chi connectivity index (χ0n) is 9.75. The predicted molar refractivity (Wildman–Crippen MR) is 75.3 cm³/mol. The van der Waals surface area contributed by atoms with Gasteiger partial charge in [0.15, 0.2) is 0 Å². The summed E-state index contributed by atoms with van der Waals surface area (Å²) in [4.78, 5) is 15.4. The lowest BCUT2D eigenvalue weighted by atomic mass is 10.1. The summed E-state index contributed by atoms with van der Waals surface area (Å²) in [6, 6.07) is 10.6. The molecule has 0 aliphatic heterocycles. The molecule has 19 heavy (non-hydrogen) atoms. The smallest absolute Gasteiger partial charge is 0.335 e. The van der Waals surface area contributed by atoms with Crippen LogP contribution in [0.1, 0.15) is 10.4 Å². The van der Waals surface area contributed by atoms with Crippen LogP contribution in [0.4, 0.5) is 0 Å². The third-order valence-corrected chi connectivity index (χ3v) is 3.36. The van der Waals surface area contributed by atoms with E-state index in [1.54, 1.807) is 24.4 Å². The molecule has 5 heteroatoms. The second-order valence-electron chi connectivity index (χ2n) is 4.11. The Morgan fingerprint density at radius 2 is 2.11 bits per heavy atom. The van der Waals surface area contributed by atoms with E-state index in [4.69, 9.17) is 5.11 Å². The van der Waals surface area contributed by atoms with Crippen LogP contribution in [0.5, 0.6) is 0 Å². The maximum atomic E-state index is 11.0. The summed E-state index contributed by atoms with van der Waals surface area (Å²) in [6.07, 6.45) is 3.66. The van der Waals surface area contributed by atoms with Crippen LogP contribution in [-0.2, 0) is 0 Å². The van der Waals surface area contributed by atoms with Gasteiger partial charge in [0, 0.05) is 16.2 Å². The van der Waals surface area contributed by atoms with Crippen molar-refractivity contribution in [2.45, 2.75) is 0 Å². The highest BCUT2D eigenvalue weighted by molar-refractivity contribution is 9.10. The molecule has 1 aromatic carbocycles. The van der Waals surface area contributed by atoms with Gasteiger partial charge in [0.2, 0.25) is 0 Å². The Hall–Kier alpha value is -2.14. The van der Waals surface area contributed by atoms with Gasteiger partial charge >= 0.3 is 5.97 Å². The van der Waals surface area contributed by atoms with E-state index in [9.17, 15) is 4.79 Å². The third kappa shape index (κ3) is 2.13. The van der Waals surface area contributed by atoms with E-state index in [0.717, 1.165) is 21.4 Å². The van der Waals surface area contributed by atoms with Crippen LogP contribution in [0.25, 0.3) is 16.9 Å². The van der Waals surface area contributed by atoms with Gasteiger partial charge in [-0.2, -0.15) is 0 Å². The molecular formula is C14H9BrN2O2. The minimum Gasteiger partial charge on any atom is -0.478 e. The molecule has 2 aromatic heterocycles. The Balaban J connectivity index is 2.19. The van der Waals surface area contributed by atoms with E-state index >= 15 is 0 Å². The molecule has 3 rings (SSSR count). The van der Waals surface area contributed by atoms with Crippen molar-refractivity contribution in [3.8, 4) is 11.4 Å². The second kappa shape index (κ2) is 4.51. The zero-order valence-corrected chi connectivity index (χ0v) is 11.3. The topological polar surface area (TPSA) is 54.6 Å². The molecule has 0 fully saturated rings. The lowest BCUT2D eigenvalue weighted by molar-refractivity contribution is 0.0697. The highest BCUT2D eigenvalue weighted by Gasteiger charge is 2.09. The number of hydrogen-bond donors (Lipinski definition) is 1. The summed E-state index contributed by atoms with van der Waals surface area (Å²) in [5.74, 6) is -0.212. The van der Waals surface area contributed by atoms with Crippen LogP contribution in [-0.4, -0.2) is 20.5 Å². The molecule has 0 aliphatic rings. The normalized spacial score (nSPS) is 10.8. The second-order valence-corrected chi connectivity index (χ2v) is 5.02. The number of carboxylic acids is 1. The number of fused-ring (bicyclic) bond motifs is 1. The molecule has 0 saturated carbocycles. The number of halogens is 1. The van der Waals surface area contributed by atoms with Gasteiger partial charge < -0.3 is 5.11 Å². The summed E-state index contributed by atoms with van der Waals surface area (Å²) in [5.41, 5.74) is 1.98. The van der Waals surface area contributed by atoms with Crippen molar-refractivity contribution in [2.75, 3.05) is 0 Å². The monoisotopic (exact) mass is 316 g/mol. The molecule has 0 spiro atoms. The van der Waals surface area contributed by atoms with Crippen LogP contribution in [0.2, 0.25) is 0 Å². The molecule has 0 aliphatic carbocycles. The quantitative estimate of drug-likeness (QED) is 0.787. The summed E-state index contributed by atoms with van der Waals surface area (Å²) in [6.45, 7) is 0. The third-order valence-electron chi connectivity index (χ3n) is 2.86. The fourth-order valence-electron chi connectivity index (χ4n) is 1.98. The Morgan fingerprint density at radius 3 is 2.89 bits per heavy atom. The fourth-order valence-corrected chi connectivity index (χ4v) is 2.33. The lowest BCUT2D eigenvalue weighted by Gasteiger charge is -2.03. The van der Waals surface area contributed by atoms with Crippen molar-refractivity contribution in [3.63, 3.8) is 0 Å². The number of pyridine rings is 1. The van der Waals surface area contributed by atoms with Gasteiger partial charge in [0.1, 0.15) is 5.82 Å². The Kier molecular flexibility index (Phi) is 2.83. The zero-order chi connectivity index (χ0) is 13.4. The van der Waals surface area contributed by atoms with Crippen LogP contribution in [0, 0.1) is 0 Å². The summed E-state index contributed by atoms with van der Waals surface area (Å²) in [7, 11) is 0. The first kappa shape index (κ1) is 11.9. The molecule has 0 bridgehead atoms. The van der Waals surface area contributed by atoms with E-state index in [1.165, 1.54) is 0 Å². The van der Waals surface area contributed by atoms with Crippen molar-refractivity contribution in [1.82, 2.24) is 9.38 Å². The van der Waals surface area contributed by atoms with E-state index in [-0.39, 0.29) is 5.56 Å². The van der Waals surface area contributed by atoms with E-state index in [1.807, 2.05) is 28.8 Å². The maximum Gasteiger partial charge on any atom is 0.335 e. The van der Waals surface area contributed by atoms with E-state index < -0.39 is 5.97 Å². The molecular weight excluding hydrogens is 308 g/mol. The standard InChI is InChI=1S/C14H9BrN2O2/c15-11-4-5-17-12(7-11)8-16-13(17)9-2-1-3-10(6-9)14(18)19/h1-8H,(H,18,19). The van der Waals surface area contributed by atoms with Gasteiger partial charge in [-0.3, -0.25) is 4.40 Å². The van der Waals surface area contributed by atoms with Gasteiger partial charge in [-0.1, -0.05) is 28.1 Å². The Labute approximate surface area is 117 Å². The first-order valence-corrected chi connectivity index (χ1v) is 6.41. The molecule has 3 aromatic rings. The SMILES string of the molecule is O=C(O)c1cccc(-c2ncc3cc(Br)ccn23)c1. The summed E-state index contributed by atoms with van der Waals surface area (Å²) >= 11 is 3.41. The minimum absolute atomic E-state index is 0.256. The van der Waals surface area contributed by atoms with Gasteiger partial charge in [-0.25, -0.2) is 9.78 Å². The van der Waals surface area contributed by atoms with Crippen molar-refractivity contribution < 1.29 is 9.90 Å². The molecule has 0 saturated heterocycles. The first-order chi connectivity index (χ1) is 9.15. The fraction of sp³-hybridized carbons (Fsp3) is 0. The van der Waals surface area contributed by atoms with E-state index in [2.05, 4.69) is 20.9 Å². The average Bonchev–Trinajstić information content (AvgIpc) is 2.81. The molecule has 2 heterocycles. The molecule has 94 valence electrons. The molecule has 0 radical (unpaired) electrons. The van der Waals surface area contributed by atoms with Gasteiger partial charge in [-0.15, -0.1) is 0 Å². The van der Waals surface area contributed by atoms with Crippen molar-refractivity contribution >= 4 is 27.4 Å². The van der Waals surface area contributed by atoms with Crippen LogP contribution in [0.3, 0.4) is 0 Å². The largest absolute Gasteiger partial charge is 0.478 e. The number of nitrogens with zero attached hydrogens (tertiary/aromatic N) is 2. The highest BCUT2D eigenvalue weighted by atomic mass is 79.9. The number of carboxylic acid groups (broad SMARTS) is 1. The van der Waals surface area contributed by atoms with Gasteiger partial charge in [-0.05, 0) is 24.3 Å². The molecule has 1 N–H and O–H groups in total. The summed E-state index contributed by atoms with van der Waals surface area (Å²) in [5, 5.41) is 9.02. The van der Waals surface area contributed by atoms with Gasteiger partial charge in [0.25, 0.3) is 0 Å². The van der Waals surface area contributed by atoms with E-state index in [0.29, 0.717) is 0 Å². The predicted octanol–water partition coefficient (Wildman–Crippen LogP) is 3.46. The summed E-state index contributed by atoms with van der Waals surface area (Å²) < 4.78 is 2.90. The lowest BCUT2D eigenvalue weighted by Crippen LogP contribution is -1.97. The Bertz CT molecular complexity index is 780. The Morgan fingerprint density at radius 1 is 1.26 bits per heavy atom. The van der Waals surface area contributed by atoms with Gasteiger partial charge in [0.05, 0.1) is 17.3 Å². The number of imidazole rings is 1. The first-order valence-electron chi connectivity index (χ1n) is 5.61. The van der Waals surface area contributed by atoms with Crippen LogP contribution >= 0.6 is 15.9 Å². The number of carbonyl (C=O) groups is 1. The number of benzene rings is 1. The average molecular weight is 317 g/mol. The van der Waals surface area contributed by atoms with Crippen LogP contribution < -0.4 is 0 Å². The molecule has 0 unspecified atom stereocenters. The molecule has 0 amide bonds.